The fourth-order valence-electron chi connectivity index (χ4n) is 3.80. The number of hydrogen-bond donors (Lipinski definition) is 1. The first-order chi connectivity index (χ1) is 13.6. The molecule has 0 radical (unpaired) electrons. The van der Waals surface area contributed by atoms with Crippen LogP contribution < -0.4 is 0 Å². The number of benzene rings is 1. The third-order valence-corrected chi connectivity index (χ3v) is 5.37. The summed E-state index contributed by atoms with van der Waals surface area (Å²) in [7, 11) is 0. The van der Waals surface area contributed by atoms with Gasteiger partial charge in [-0.15, -0.1) is 0 Å². The van der Waals surface area contributed by atoms with E-state index in [0.717, 1.165) is 31.0 Å². The smallest absolute Gasteiger partial charge is 0.254 e. The number of carbonyl (C=O) groups is 2. The maximum absolute atomic E-state index is 12.9. The lowest BCUT2D eigenvalue weighted by Crippen LogP contribution is -2.41. The molecule has 0 saturated carbocycles. The van der Waals surface area contributed by atoms with Crippen LogP contribution in [0, 0.1) is 6.92 Å². The number of nitrogens with zero attached hydrogens (tertiary/aromatic N) is 4. The van der Waals surface area contributed by atoms with Gasteiger partial charge in [-0.05, 0) is 44.0 Å². The van der Waals surface area contributed by atoms with Crippen LogP contribution in [0.3, 0.4) is 0 Å². The topological polar surface area (TPSA) is 91.4 Å². The molecule has 2 aliphatic rings. The first kappa shape index (κ1) is 18.6. The van der Waals surface area contributed by atoms with Gasteiger partial charge >= 0.3 is 0 Å². The molecule has 1 atom stereocenters. The van der Waals surface area contributed by atoms with E-state index in [0.29, 0.717) is 44.0 Å². The maximum atomic E-state index is 12.9. The molecule has 0 unspecified atom stereocenters. The summed E-state index contributed by atoms with van der Waals surface area (Å²) in [6.45, 7) is 5.58. The molecule has 0 bridgehead atoms. The fraction of sp³-hybridized carbons (Fsp3) is 0.500. The predicted octanol–water partition coefficient (Wildman–Crippen LogP) is 1.61. The van der Waals surface area contributed by atoms with E-state index in [9.17, 15) is 9.59 Å². The Balaban J connectivity index is 1.42. The minimum Gasteiger partial charge on any atom is -0.378 e. The van der Waals surface area contributed by atoms with Crippen LogP contribution >= 0.6 is 0 Å². The Morgan fingerprint density at radius 2 is 1.68 bits per heavy atom. The molecule has 1 aromatic carbocycles. The van der Waals surface area contributed by atoms with Gasteiger partial charge in [0, 0.05) is 43.2 Å². The Kier molecular flexibility index (Phi) is 5.38. The van der Waals surface area contributed by atoms with Crippen LogP contribution in [0.15, 0.2) is 24.3 Å². The Hall–Kier alpha value is -2.74. The van der Waals surface area contributed by atoms with Crippen molar-refractivity contribution < 1.29 is 14.3 Å². The second-order valence-corrected chi connectivity index (χ2v) is 7.35. The summed E-state index contributed by atoms with van der Waals surface area (Å²) in [4.78, 5) is 33.5. The number of likely N-dealkylation sites (tertiary alicyclic amines) is 1. The SMILES string of the molecule is Cc1nc([C@@H]2CCCN(C(=O)c3ccc(C(=O)N4CCOCC4)cc3)C2)n[nH]1. The van der Waals surface area contributed by atoms with Crippen LogP contribution in [0.2, 0.25) is 0 Å². The van der Waals surface area contributed by atoms with E-state index >= 15 is 0 Å². The number of aromatic nitrogens is 3. The molecule has 2 saturated heterocycles. The number of ether oxygens (including phenoxy) is 1. The minimum atomic E-state index is -0.0136. The molecule has 8 heteroatoms. The molecule has 2 amide bonds. The summed E-state index contributed by atoms with van der Waals surface area (Å²) in [6, 6.07) is 6.98. The lowest BCUT2D eigenvalue weighted by molar-refractivity contribution is 0.0303. The van der Waals surface area contributed by atoms with Crippen molar-refractivity contribution in [3.8, 4) is 0 Å². The molecule has 1 aromatic heterocycles. The van der Waals surface area contributed by atoms with Crippen molar-refractivity contribution in [2.24, 2.45) is 0 Å². The van der Waals surface area contributed by atoms with Crippen molar-refractivity contribution >= 4 is 11.8 Å². The molecule has 2 aliphatic heterocycles. The van der Waals surface area contributed by atoms with Gasteiger partial charge in [-0.25, -0.2) is 4.98 Å². The number of rotatable bonds is 3. The lowest BCUT2D eigenvalue weighted by Gasteiger charge is -2.31. The summed E-state index contributed by atoms with van der Waals surface area (Å²) >= 11 is 0. The first-order valence-corrected chi connectivity index (χ1v) is 9.77. The number of aryl methyl sites for hydroxylation is 1. The highest BCUT2D eigenvalue weighted by Crippen LogP contribution is 2.25. The Bertz CT molecular complexity index is 842. The molecule has 2 fully saturated rings. The highest BCUT2D eigenvalue weighted by Gasteiger charge is 2.28. The van der Waals surface area contributed by atoms with Crippen molar-refractivity contribution in [2.45, 2.75) is 25.7 Å². The van der Waals surface area contributed by atoms with E-state index in [4.69, 9.17) is 4.74 Å². The number of hydrogen-bond acceptors (Lipinski definition) is 5. The van der Waals surface area contributed by atoms with Gasteiger partial charge in [-0.2, -0.15) is 5.10 Å². The second-order valence-electron chi connectivity index (χ2n) is 7.35. The van der Waals surface area contributed by atoms with E-state index in [2.05, 4.69) is 15.2 Å². The molecular formula is C20H25N5O3. The Morgan fingerprint density at radius 1 is 1.04 bits per heavy atom. The van der Waals surface area contributed by atoms with E-state index in [-0.39, 0.29) is 17.7 Å². The van der Waals surface area contributed by atoms with Gasteiger partial charge in [-0.3, -0.25) is 14.7 Å². The van der Waals surface area contributed by atoms with Gasteiger partial charge in [0.15, 0.2) is 5.82 Å². The molecule has 28 heavy (non-hydrogen) atoms. The van der Waals surface area contributed by atoms with Gasteiger partial charge in [0.2, 0.25) is 0 Å². The molecule has 0 aliphatic carbocycles. The Morgan fingerprint density at radius 3 is 2.29 bits per heavy atom. The van der Waals surface area contributed by atoms with Gasteiger partial charge in [0.05, 0.1) is 13.2 Å². The number of amides is 2. The molecule has 0 spiro atoms. The van der Waals surface area contributed by atoms with Gasteiger partial charge < -0.3 is 14.5 Å². The van der Waals surface area contributed by atoms with Gasteiger partial charge in [-0.1, -0.05) is 0 Å². The highest BCUT2D eigenvalue weighted by molar-refractivity contribution is 5.98. The average molecular weight is 383 g/mol. The number of piperidine rings is 1. The summed E-state index contributed by atoms with van der Waals surface area (Å²) in [5, 5.41) is 7.13. The van der Waals surface area contributed by atoms with Crippen molar-refractivity contribution in [3.05, 3.63) is 47.0 Å². The maximum Gasteiger partial charge on any atom is 0.254 e. The molecular weight excluding hydrogens is 358 g/mol. The largest absolute Gasteiger partial charge is 0.378 e. The van der Waals surface area contributed by atoms with Crippen molar-refractivity contribution in [3.63, 3.8) is 0 Å². The number of nitrogens with one attached hydrogen (secondary N) is 1. The molecule has 2 aromatic rings. The zero-order chi connectivity index (χ0) is 19.5. The lowest BCUT2D eigenvalue weighted by atomic mass is 9.96. The average Bonchev–Trinajstić information content (AvgIpc) is 3.20. The zero-order valence-electron chi connectivity index (χ0n) is 16.1. The van der Waals surface area contributed by atoms with Gasteiger partial charge in [0.25, 0.3) is 11.8 Å². The fourth-order valence-corrected chi connectivity index (χ4v) is 3.80. The van der Waals surface area contributed by atoms with E-state index < -0.39 is 0 Å². The van der Waals surface area contributed by atoms with Crippen LogP contribution in [-0.2, 0) is 4.74 Å². The summed E-state index contributed by atoms with van der Waals surface area (Å²) in [6.07, 6.45) is 1.91. The summed E-state index contributed by atoms with van der Waals surface area (Å²) in [5.41, 5.74) is 1.21. The molecule has 8 nitrogen and oxygen atoms in total. The van der Waals surface area contributed by atoms with E-state index in [1.54, 1.807) is 29.2 Å². The molecule has 1 N–H and O–H groups in total. The number of H-pyrrole nitrogens is 1. The second kappa shape index (κ2) is 8.10. The van der Waals surface area contributed by atoms with E-state index in [1.807, 2.05) is 11.8 Å². The van der Waals surface area contributed by atoms with Crippen molar-refractivity contribution in [2.75, 3.05) is 39.4 Å². The minimum absolute atomic E-state index is 0.0117. The van der Waals surface area contributed by atoms with Crippen LogP contribution in [-0.4, -0.2) is 76.2 Å². The summed E-state index contributed by atoms with van der Waals surface area (Å²) in [5.74, 6) is 1.70. The molecule has 4 rings (SSSR count). The van der Waals surface area contributed by atoms with Gasteiger partial charge in [0.1, 0.15) is 5.82 Å². The number of aromatic amines is 1. The normalized spacial score (nSPS) is 20.2. The third kappa shape index (κ3) is 3.91. The van der Waals surface area contributed by atoms with Crippen LogP contribution in [0.5, 0.6) is 0 Å². The highest BCUT2D eigenvalue weighted by atomic mass is 16.5. The van der Waals surface area contributed by atoms with Crippen molar-refractivity contribution in [1.29, 1.82) is 0 Å². The first-order valence-electron chi connectivity index (χ1n) is 9.77. The standard InChI is InChI=1S/C20H25N5O3/c1-14-21-18(23-22-14)17-3-2-8-25(13-17)20(27)16-6-4-15(5-7-16)19(26)24-9-11-28-12-10-24/h4-7,17H,2-3,8-13H2,1H3,(H,21,22,23)/t17-/m1/s1. The monoisotopic (exact) mass is 383 g/mol. The predicted molar refractivity (Wildman–Crippen MR) is 102 cm³/mol. The number of morpholine rings is 1. The van der Waals surface area contributed by atoms with Crippen LogP contribution in [0.25, 0.3) is 0 Å². The van der Waals surface area contributed by atoms with Crippen LogP contribution in [0.1, 0.15) is 51.1 Å². The van der Waals surface area contributed by atoms with Crippen LogP contribution in [0.4, 0.5) is 0 Å². The van der Waals surface area contributed by atoms with Crippen molar-refractivity contribution in [1.82, 2.24) is 25.0 Å². The molecule has 148 valence electrons. The zero-order valence-corrected chi connectivity index (χ0v) is 16.1. The third-order valence-electron chi connectivity index (χ3n) is 5.37. The Labute approximate surface area is 163 Å². The number of carbonyl (C=O) groups excluding carboxylic acids is 2. The van der Waals surface area contributed by atoms with E-state index in [1.165, 1.54) is 0 Å². The molecule has 3 heterocycles. The summed E-state index contributed by atoms with van der Waals surface area (Å²) < 4.78 is 5.29. The quantitative estimate of drug-likeness (QED) is 0.869.